The average molecular weight is 446 g/mol. The van der Waals surface area contributed by atoms with Crippen molar-refractivity contribution in [3.63, 3.8) is 0 Å². The molecule has 1 N–H and O–H groups in total. The number of rotatable bonds is 4. The number of fused-ring (bicyclic) bond motifs is 2. The van der Waals surface area contributed by atoms with Gasteiger partial charge in [0.05, 0.1) is 12.0 Å². The van der Waals surface area contributed by atoms with E-state index in [4.69, 9.17) is 11.6 Å². The third-order valence-corrected chi connectivity index (χ3v) is 7.73. The molecule has 1 aliphatic carbocycles. The number of hydrogen-bond acceptors (Lipinski definition) is 2. The third kappa shape index (κ3) is 3.91. The van der Waals surface area contributed by atoms with E-state index < -0.39 is 0 Å². The van der Waals surface area contributed by atoms with Crippen LogP contribution in [0.25, 0.3) is 10.9 Å². The molecule has 1 aromatic heterocycles. The quantitative estimate of drug-likeness (QED) is 0.514. The second-order valence-corrected chi connectivity index (χ2v) is 9.66. The van der Waals surface area contributed by atoms with Crippen LogP contribution in [-0.4, -0.2) is 28.4 Å². The van der Waals surface area contributed by atoms with Gasteiger partial charge in [-0.25, -0.2) is 0 Å². The molecule has 4 unspecified atom stereocenters. The van der Waals surface area contributed by atoms with Gasteiger partial charge in [0.25, 0.3) is 0 Å². The molecule has 4 nitrogen and oxygen atoms in total. The number of H-pyrrole nitrogens is 1. The number of nitrogens with one attached hydrogen (secondary N) is 1. The standard InChI is InChI=1S/C27H28ClN3O/c28-20-10-11-22-24(17-30-25(22)14-20)23(18-6-2-1-3-7-18)15-27(32)31-13-12-19(16-29)21-8-4-5-9-26(21)31/h1-3,6-7,10-11,14,17,19,21,23,26,30H,4-5,8-9,12-13,15H2. The van der Waals surface area contributed by atoms with E-state index in [1.54, 1.807) is 0 Å². The number of amides is 1. The van der Waals surface area contributed by atoms with Gasteiger partial charge in [-0.15, -0.1) is 0 Å². The molecule has 2 fully saturated rings. The molecule has 32 heavy (non-hydrogen) atoms. The number of nitrogens with zero attached hydrogens (tertiary/aromatic N) is 2. The Labute approximate surface area is 194 Å². The van der Waals surface area contributed by atoms with Crippen molar-refractivity contribution in [2.45, 2.75) is 50.5 Å². The largest absolute Gasteiger partial charge is 0.361 e. The third-order valence-electron chi connectivity index (χ3n) is 7.50. The van der Waals surface area contributed by atoms with Gasteiger partial charge in [0.1, 0.15) is 0 Å². The molecule has 2 aliphatic rings. The Kier molecular flexibility index (Phi) is 5.93. The molecule has 2 heterocycles. The van der Waals surface area contributed by atoms with Crippen molar-refractivity contribution in [2.24, 2.45) is 11.8 Å². The first kappa shape index (κ1) is 21.1. The van der Waals surface area contributed by atoms with Gasteiger partial charge in [-0.05, 0) is 48.4 Å². The molecule has 0 spiro atoms. The summed E-state index contributed by atoms with van der Waals surface area (Å²) in [4.78, 5) is 19.2. The first-order valence-corrected chi connectivity index (χ1v) is 12.0. The summed E-state index contributed by atoms with van der Waals surface area (Å²) < 4.78 is 0. The molecule has 0 radical (unpaired) electrons. The van der Waals surface area contributed by atoms with Crippen LogP contribution in [0, 0.1) is 23.2 Å². The molecule has 5 rings (SSSR count). The van der Waals surface area contributed by atoms with Crippen molar-refractivity contribution < 1.29 is 4.79 Å². The van der Waals surface area contributed by atoms with E-state index in [1.807, 2.05) is 42.6 Å². The Morgan fingerprint density at radius 2 is 1.97 bits per heavy atom. The van der Waals surface area contributed by atoms with Crippen molar-refractivity contribution in [3.05, 3.63) is 70.9 Å². The van der Waals surface area contributed by atoms with Gasteiger partial charge in [0.15, 0.2) is 0 Å². The highest BCUT2D eigenvalue weighted by atomic mass is 35.5. The van der Waals surface area contributed by atoms with Gasteiger partial charge in [-0.1, -0.05) is 60.8 Å². The number of carbonyl (C=O) groups excluding carboxylic acids is 1. The lowest BCUT2D eigenvalue weighted by molar-refractivity contribution is -0.138. The number of halogens is 1. The van der Waals surface area contributed by atoms with Gasteiger partial charge < -0.3 is 9.88 Å². The summed E-state index contributed by atoms with van der Waals surface area (Å²) in [5.41, 5.74) is 3.26. The van der Waals surface area contributed by atoms with Gasteiger partial charge in [0, 0.05) is 47.0 Å². The summed E-state index contributed by atoms with van der Waals surface area (Å²) in [5, 5.41) is 11.4. The maximum atomic E-state index is 13.7. The Bertz CT molecular complexity index is 1150. The van der Waals surface area contributed by atoms with E-state index in [0.717, 1.165) is 47.7 Å². The molecule has 0 bridgehead atoms. The first-order chi connectivity index (χ1) is 15.7. The lowest BCUT2D eigenvalue weighted by Gasteiger charge is -2.46. The fraction of sp³-hybridized carbons (Fsp3) is 0.407. The van der Waals surface area contributed by atoms with Crippen LogP contribution in [-0.2, 0) is 4.79 Å². The normalized spacial score (nSPS) is 24.0. The minimum Gasteiger partial charge on any atom is -0.361 e. The highest BCUT2D eigenvalue weighted by Crippen LogP contribution is 2.41. The van der Waals surface area contributed by atoms with Crippen molar-refractivity contribution in [1.29, 1.82) is 5.26 Å². The molecule has 1 aliphatic heterocycles. The van der Waals surface area contributed by atoms with E-state index in [1.165, 1.54) is 6.42 Å². The van der Waals surface area contributed by atoms with Crippen LogP contribution in [0.2, 0.25) is 5.02 Å². The van der Waals surface area contributed by atoms with Crippen molar-refractivity contribution >= 4 is 28.4 Å². The maximum absolute atomic E-state index is 13.7. The molecule has 1 amide bonds. The summed E-state index contributed by atoms with van der Waals surface area (Å²) in [6.07, 6.45) is 7.66. The number of hydrogen-bond donors (Lipinski definition) is 1. The summed E-state index contributed by atoms with van der Waals surface area (Å²) in [7, 11) is 0. The van der Waals surface area contributed by atoms with Crippen LogP contribution in [0.1, 0.15) is 55.6 Å². The van der Waals surface area contributed by atoms with Gasteiger partial charge in [-0.3, -0.25) is 4.79 Å². The van der Waals surface area contributed by atoms with E-state index in [-0.39, 0.29) is 23.8 Å². The minimum atomic E-state index is -0.0330. The zero-order valence-electron chi connectivity index (χ0n) is 18.1. The second-order valence-electron chi connectivity index (χ2n) is 9.23. The molecule has 4 atom stereocenters. The maximum Gasteiger partial charge on any atom is 0.223 e. The van der Waals surface area contributed by atoms with Crippen molar-refractivity contribution in [1.82, 2.24) is 9.88 Å². The van der Waals surface area contributed by atoms with Crippen molar-refractivity contribution in [3.8, 4) is 6.07 Å². The predicted molar refractivity (Wildman–Crippen MR) is 127 cm³/mol. The number of piperidine rings is 1. The van der Waals surface area contributed by atoms with Crippen LogP contribution in [0.5, 0.6) is 0 Å². The van der Waals surface area contributed by atoms with E-state index >= 15 is 0 Å². The molecule has 2 aromatic carbocycles. The number of likely N-dealkylation sites (tertiary alicyclic amines) is 1. The van der Waals surface area contributed by atoms with E-state index in [0.29, 0.717) is 23.9 Å². The van der Waals surface area contributed by atoms with Crippen LogP contribution in [0.15, 0.2) is 54.7 Å². The SMILES string of the molecule is N#CC1CCN(C(=O)CC(c2ccccc2)c2c[nH]c3cc(Cl)ccc23)C2CCCCC12. The zero-order chi connectivity index (χ0) is 22.1. The number of carbonyl (C=O) groups is 1. The average Bonchev–Trinajstić information content (AvgIpc) is 3.25. The summed E-state index contributed by atoms with van der Waals surface area (Å²) in [6, 6.07) is 18.9. The predicted octanol–water partition coefficient (Wildman–Crippen LogP) is 6.27. The monoisotopic (exact) mass is 445 g/mol. The highest BCUT2D eigenvalue weighted by molar-refractivity contribution is 6.31. The topological polar surface area (TPSA) is 59.9 Å². The smallest absolute Gasteiger partial charge is 0.223 e. The van der Waals surface area contributed by atoms with Gasteiger partial charge in [-0.2, -0.15) is 5.26 Å². The van der Waals surface area contributed by atoms with Crippen LogP contribution >= 0.6 is 11.6 Å². The summed E-state index contributed by atoms with van der Waals surface area (Å²) in [5.74, 6) is 0.592. The first-order valence-electron chi connectivity index (χ1n) is 11.7. The van der Waals surface area contributed by atoms with Gasteiger partial charge >= 0.3 is 0 Å². The molecular formula is C27H28ClN3O. The number of aromatic nitrogens is 1. The number of nitriles is 1. The van der Waals surface area contributed by atoms with Gasteiger partial charge in [0.2, 0.25) is 5.91 Å². The lowest BCUT2D eigenvalue weighted by Crippen LogP contribution is -2.52. The highest BCUT2D eigenvalue weighted by Gasteiger charge is 2.41. The Hall–Kier alpha value is -2.77. The van der Waals surface area contributed by atoms with Crippen LogP contribution in [0.4, 0.5) is 0 Å². The number of aromatic amines is 1. The summed E-state index contributed by atoms with van der Waals surface area (Å²) in [6.45, 7) is 0.698. The minimum absolute atomic E-state index is 0.0330. The fourth-order valence-corrected chi connectivity index (χ4v) is 6.09. The zero-order valence-corrected chi connectivity index (χ0v) is 18.9. The molecule has 1 saturated heterocycles. The van der Waals surface area contributed by atoms with E-state index in [2.05, 4.69) is 28.1 Å². The molecule has 3 aromatic rings. The van der Waals surface area contributed by atoms with Crippen LogP contribution < -0.4 is 0 Å². The summed E-state index contributed by atoms with van der Waals surface area (Å²) >= 11 is 6.20. The molecule has 1 saturated carbocycles. The second kappa shape index (κ2) is 9.00. The number of benzene rings is 2. The molecular weight excluding hydrogens is 418 g/mol. The fourth-order valence-electron chi connectivity index (χ4n) is 5.92. The lowest BCUT2D eigenvalue weighted by atomic mass is 9.72. The Balaban J connectivity index is 1.47. The Morgan fingerprint density at radius 1 is 1.16 bits per heavy atom. The Morgan fingerprint density at radius 3 is 2.78 bits per heavy atom. The van der Waals surface area contributed by atoms with Crippen molar-refractivity contribution in [2.75, 3.05) is 6.54 Å². The molecule has 5 heteroatoms. The van der Waals surface area contributed by atoms with Crippen LogP contribution in [0.3, 0.4) is 0 Å². The molecule has 164 valence electrons. The van der Waals surface area contributed by atoms with E-state index in [9.17, 15) is 10.1 Å².